The molecule has 0 saturated heterocycles. The summed E-state index contributed by atoms with van der Waals surface area (Å²) in [7, 11) is 0. The van der Waals surface area contributed by atoms with E-state index < -0.39 is 5.54 Å². The fourth-order valence-corrected chi connectivity index (χ4v) is 2.36. The summed E-state index contributed by atoms with van der Waals surface area (Å²) in [5.74, 6) is 0.899. The third-order valence-corrected chi connectivity index (χ3v) is 3.67. The largest absolute Gasteiger partial charge is 0.339 e. The lowest BCUT2D eigenvalue weighted by Gasteiger charge is -2.21. The number of aryl methyl sites for hydroxylation is 2. The summed E-state index contributed by atoms with van der Waals surface area (Å²) in [6, 6.07) is 0. The highest BCUT2D eigenvalue weighted by molar-refractivity contribution is 7.13. The van der Waals surface area contributed by atoms with Crippen LogP contribution in [0.25, 0.3) is 0 Å². The minimum atomic E-state index is -0.690. The monoisotopic (exact) mass is 294 g/mol. The topological polar surface area (TPSA) is 80.9 Å². The molecule has 0 aromatic carbocycles. The Bertz CT molecular complexity index is 603. The van der Waals surface area contributed by atoms with Crippen molar-refractivity contribution >= 4 is 17.2 Å². The van der Waals surface area contributed by atoms with Gasteiger partial charge in [0.15, 0.2) is 5.82 Å². The first-order valence-electron chi connectivity index (χ1n) is 6.50. The van der Waals surface area contributed by atoms with Gasteiger partial charge in [0.05, 0.1) is 16.7 Å². The molecule has 7 heteroatoms. The van der Waals surface area contributed by atoms with Gasteiger partial charge in [-0.1, -0.05) is 12.1 Å². The third-order valence-electron chi connectivity index (χ3n) is 2.76. The number of thiazole rings is 1. The zero-order chi connectivity index (χ0) is 14.8. The molecule has 2 heterocycles. The highest BCUT2D eigenvalue weighted by atomic mass is 32.1. The number of rotatable bonds is 5. The minimum absolute atomic E-state index is 0.178. The number of nitrogens with zero attached hydrogens (tertiary/aromatic N) is 3. The molecule has 0 unspecified atom stereocenters. The number of amides is 1. The number of aromatic nitrogens is 3. The van der Waals surface area contributed by atoms with Gasteiger partial charge in [0, 0.05) is 6.42 Å². The number of nitrogens with one attached hydrogen (secondary N) is 1. The van der Waals surface area contributed by atoms with E-state index in [1.165, 1.54) is 11.3 Å². The molecule has 2 aromatic rings. The van der Waals surface area contributed by atoms with E-state index in [1.807, 2.05) is 27.7 Å². The van der Waals surface area contributed by atoms with Gasteiger partial charge in [0.1, 0.15) is 4.88 Å². The van der Waals surface area contributed by atoms with Crippen molar-refractivity contribution in [3.05, 3.63) is 27.8 Å². The van der Waals surface area contributed by atoms with Crippen molar-refractivity contribution in [3.63, 3.8) is 0 Å². The molecule has 2 aromatic heterocycles. The van der Waals surface area contributed by atoms with Crippen LogP contribution in [0.4, 0.5) is 0 Å². The maximum absolute atomic E-state index is 12.2. The average Bonchev–Trinajstić information content (AvgIpc) is 2.98. The van der Waals surface area contributed by atoms with E-state index >= 15 is 0 Å². The minimum Gasteiger partial charge on any atom is -0.339 e. The maximum Gasteiger partial charge on any atom is 0.263 e. The molecule has 0 saturated carbocycles. The quantitative estimate of drug-likeness (QED) is 0.916. The van der Waals surface area contributed by atoms with Gasteiger partial charge in [-0.15, -0.1) is 11.3 Å². The Morgan fingerprint density at radius 3 is 2.85 bits per heavy atom. The molecule has 108 valence electrons. The van der Waals surface area contributed by atoms with Gasteiger partial charge in [0.25, 0.3) is 5.91 Å². The van der Waals surface area contributed by atoms with E-state index in [-0.39, 0.29) is 5.91 Å². The molecular formula is C13H18N4O2S. The Kier molecular flexibility index (Phi) is 4.17. The molecule has 0 radical (unpaired) electrons. The van der Waals surface area contributed by atoms with Crippen molar-refractivity contribution in [1.29, 1.82) is 0 Å². The molecule has 0 spiro atoms. The van der Waals surface area contributed by atoms with Crippen molar-refractivity contribution in [3.8, 4) is 0 Å². The fraction of sp³-hybridized carbons (Fsp3) is 0.538. The number of hydrogen-bond acceptors (Lipinski definition) is 6. The molecular weight excluding hydrogens is 276 g/mol. The van der Waals surface area contributed by atoms with Crippen LogP contribution in [0, 0.1) is 6.92 Å². The molecule has 0 aliphatic carbocycles. The summed E-state index contributed by atoms with van der Waals surface area (Å²) in [5.41, 5.74) is -0.690. The van der Waals surface area contributed by atoms with Crippen LogP contribution < -0.4 is 5.32 Å². The van der Waals surface area contributed by atoms with E-state index in [1.54, 1.807) is 6.20 Å². The Hall–Kier alpha value is -1.76. The SMILES string of the molecule is CCCc1nc(C(C)(C)NC(=O)c2cnc(C)s2)no1. The molecule has 0 fully saturated rings. The zero-order valence-electron chi connectivity index (χ0n) is 12.1. The summed E-state index contributed by atoms with van der Waals surface area (Å²) in [6.45, 7) is 7.60. The molecule has 1 amide bonds. The van der Waals surface area contributed by atoms with Crippen molar-refractivity contribution in [2.75, 3.05) is 0 Å². The summed E-state index contributed by atoms with van der Waals surface area (Å²) in [5, 5.41) is 7.71. The van der Waals surface area contributed by atoms with Crippen LogP contribution in [0.2, 0.25) is 0 Å². The molecule has 0 atom stereocenters. The van der Waals surface area contributed by atoms with Crippen LogP contribution in [0.15, 0.2) is 10.7 Å². The van der Waals surface area contributed by atoms with Crippen molar-refractivity contribution in [1.82, 2.24) is 20.4 Å². The van der Waals surface area contributed by atoms with E-state index in [9.17, 15) is 4.79 Å². The van der Waals surface area contributed by atoms with Gasteiger partial charge in [-0.2, -0.15) is 4.98 Å². The lowest BCUT2D eigenvalue weighted by Crippen LogP contribution is -2.41. The van der Waals surface area contributed by atoms with Gasteiger partial charge in [0.2, 0.25) is 5.89 Å². The normalized spacial score (nSPS) is 11.6. The average molecular weight is 294 g/mol. The molecule has 2 rings (SSSR count). The predicted molar refractivity (Wildman–Crippen MR) is 75.6 cm³/mol. The number of hydrogen-bond donors (Lipinski definition) is 1. The second-order valence-corrected chi connectivity index (χ2v) is 6.32. The first-order valence-corrected chi connectivity index (χ1v) is 7.32. The summed E-state index contributed by atoms with van der Waals surface area (Å²) < 4.78 is 5.16. The van der Waals surface area contributed by atoms with Crippen LogP contribution in [0.3, 0.4) is 0 Å². The Labute approximate surface area is 121 Å². The number of carbonyl (C=O) groups is 1. The second kappa shape index (κ2) is 5.70. The smallest absolute Gasteiger partial charge is 0.263 e. The van der Waals surface area contributed by atoms with Crippen LogP contribution in [0.5, 0.6) is 0 Å². The summed E-state index contributed by atoms with van der Waals surface area (Å²) in [6.07, 6.45) is 3.25. The van der Waals surface area contributed by atoms with Gasteiger partial charge >= 0.3 is 0 Å². The van der Waals surface area contributed by atoms with Gasteiger partial charge in [-0.25, -0.2) is 4.98 Å². The van der Waals surface area contributed by atoms with E-state index in [0.717, 1.165) is 17.8 Å². The van der Waals surface area contributed by atoms with Gasteiger partial charge in [-0.05, 0) is 27.2 Å². The third kappa shape index (κ3) is 3.22. The Morgan fingerprint density at radius 1 is 1.50 bits per heavy atom. The Balaban J connectivity index is 2.11. The van der Waals surface area contributed by atoms with Crippen molar-refractivity contribution < 1.29 is 9.32 Å². The molecule has 6 nitrogen and oxygen atoms in total. The fourth-order valence-electron chi connectivity index (χ4n) is 1.69. The standard InChI is InChI=1S/C13H18N4O2S/c1-5-6-10-15-12(17-19-10)13(3,4)16-11(18)9-7-14-8(2)20-9/h7H,5-6H2,1-4H3,(H,16,18). The molecule has 0 aliphatic rings. The second-order valence-electron chi connectivity index (χ2n) is 5.08. The van der Waals surface area contributed by atoms with Crippen LogP contribution in [-0.2, 0) is 12.0 Å². The van der Waals surface area contributed by atoms with E-state index in [2.05, 4.69) is 20.4 Å². The predicted octanol–water partition coefficient (Wildman–Crippen LogP) is 2.45. The first-order chi connectivity index (χ1) is 9.42. The molecule has 0 bridgehead atoms. The summed E-state index contributed by atoms with van der Waals surface area (Å²) in [4.78, 5) is 21.1. The molecule has 0 aliphatic heterocycles. The van der Waals surface area contributed by atoms with Gasteiger partial charge < -0.3 is 9.84 Å². The first kappa shape index (κ1) is 14.6. The Morgan fingerprint density at radius 2 is 2.25 bits per heavy atom. The van der Waals surface area contributed by atoms with Crippen LogP contribution in [-0.4, -0.2) is 21.0 Å². The van der Waals surface area contributed by atoms with Crippen LogP contribution >= 0.6 is 11.3 Å². The molecule has 20 heavy (non-hydrogen) atoms. The van der Waals surface area contributed by atoms with E-state index in [0.29, 0.717) is 16.6 Å². The highest BCUT2D eigenvalue weighted by Gasteiger charge is 2.29. The molecule has 1 N–H and O–H groups in total. The maximum atomic E-state index is 12.2. The van der Waals surface area contributed by atoms with Crippen molar-refractivity contribution in [2.45, 2.75) is 46.1 Å². The van der Waals surface area contributed by atoms with Crippen molar-refractivity contribution in [2.24, 2.45) is 0 Å². The lowest BCUT2D eigenvalue weighted by molar-refractivity contribution is 0.0911. The van der Waals surface area contributed by atoms with Gasteiger partial charge in [-0.3, -0.25) is 4.79 Å². The zero-order valence-corrected chi connectivity index (χ0v) is 12.9. The lowest BCUT2D eigenvalue weighted by atomic mass is 10.0. The highest BCUT2D eigenvalue weighted by Crippen LogP contribution is 2.19. The summed E-state index contributed by atoms with van der Waals surface area (Å²) >= 11 is 1.36. The number of carbonyl (C=O) groups excluding carboxylic acids is 1. The van der Waals surface area contributed by atoms with E-state index in [4.69, 9.17) is 4.52 Å². The van der Waals surface area contributed by atoms with Crippen LogP contribution in [0.1, 0.15) is 53.6 Å².